The topological polar surface area (TPSA) is 74.0 Å². The molecule has 3 rings (SSSR count). The maximum absolute atomic E-state index is 13.7. The first-order chi connectivity index (χ1) is 10.1. The molecule has 21 heavy (non-hydrogen) atoms. The summed E-state index contributed by atoms with van der Waals surface area (Å²) in [5, 5.41) is 0. The van der Waals surface area contributed by atoms with Crippen molar-refractivity contribution in [3.05, 3.63) is 64.3 Å². The van der Waals surface area contributed by atoms with Gasteiger partial charge in [-0.15, -0.1) is 0 Å². The third kappa shape index (κ3) is 2.43. The Morgan fingerprint density at radius 2 is 2.14 bits per heavy atom. The second-order valence-electron chi connectivity index (χ2n) is 4.58. The lowest BCUT2D eigenvalue weighted by atomic mass is 10.1. The molecule has 2 aromatic heterocycles. The molecular formula is C14H11F2N3O2. The molecule has 0 bridgehead atoms. The molecule has 0 saturated carbocycles. The summed E-state index contributed by atoms with van der Waals surface area (Å²) in [6.07, 6.45) is 1.51. The molecule has 0 spiro atoms. The minimum atomic E-state index is -0.828. The average molecular weight is 291 g/mol. The monoisotopic (exact) mass is 291 g/mol. The van der Waals surface area contributed by atoms with E-state index in [-0.39, 0.29) is 12.1 Å². The first-order valence-corrected chi connectivity index (χ1v) is 6.21. The molecule has 1 atom stereocenters. The van der Waals surface area contributed by atoms with Gasteiger partial charge in [-0.05, 0) is 18.2 Å². The van der Waals surface area contributed by atoms with Gasteiger partial charge in [0, 0.05) is 17.8 Å². The van der Waals surface area contributed by atoms with Crippen LogP contribution in [-0.2, 0) is 6.54 Å². The number of rotatable bonds is 3. The van der Waals surface area contributed by atoms with E-state index in [4.69, 9.17) is 10.2 Å². The highest BCUT2D eigenvalue weighted by Gasteiger charge is 2.17. The quantitative estimate of drug-likeness (QED) is 0.800. The van der Waals surface area contributed by atoms with Crippen LogP contribution in [0.5, 0.6) is 0 Å². The molecule has 2 heterocycles. The minimum Gasteiger partial charge on any atom is -0.406 e. The summed E-state index contributed by atoms with van der Waals surface area (Å²) in [6, 6.07) is 5.54. The van der Waals surface area contributed by atoms with Gasteiger partial charge in [-0.3, -0.25) is 4.57 Å². The summed E-state index contributed by atoms with van der Waals surface area (Å²) in [5.41, 5.74) is 6.69. The van der Waals surface area contributed by atoms with Crippen LogP contribution in [0.15, 0.2) is 45.7 Å². The Kier molecular flexibility index (Phi) is 3.26. The fraction of sp³-hybridized carbons (Fsp3) is 0.143. The molecule has 0 aliphatic carbocycles. The standard InChI is InChI=1S/C14H11F2N3O2/c15-8-3-4-9(10(16)6-8)11(17)7-19-13-12(21-14(19)20)2-1-5-18-13/h1-6,11H,7,17H2. The zero-order valence-electron chi connectivity index (χ0n) is 10.8. The number of nitrogens with zero attached hydrogens (tertiary/aromatic N) is 2. The zero-order valence-corrected chi connectivity index (χ0v) is 10.8. The van der Waals surface area contributed by atoms with Gasteiger partial charge in [-0.25, -0.2) is 18.6 Å². The molecule has 3 aromatic rings. The van der Waals surface area contributed by atoms with Gasteiger partial charge in [-0.2, -0.15) is 0 Å². The molecule has 0 amide bonds. The van der Waals surface area contributed by atoms with Gasteiger partial charge in [0.25, 0.3) is 0 Å². The molecule has 0 radical (unpaired) electrons. The van der Waals surface area contributed by atoms with E-state index < -0.39 is 23.4 Å². The van der Waals surface area contributed by atoms with Crippen molar-refractivity contribution >= 4 is 11.2 Å². The molecule has 1 unspecified atom stereocenters. The molecule has 108 valence electrons. The normalized spacial score (nSPS) is 12.7. The number of halogens is 2. The van der Waals surface area contributed by atoms with Crippen molar-refractivity contribution in [2.24, 2.45) is 5.73 Å². The lowest BCUT2D eigenvalue weighted by molar-refractivity contribution is 0.469. The molecule has 0 aliphatic heterocycles. The molecule has 0 aliphatic rings. The summed E-state index contributed by atoms with van der Waals surface area (Å²) in [6.45, 7) is -0.0224. The van der Waals surface area contributed by atoms with Crippen LogP contribution in [-0.4, -0.2) is 9.55 Å². The maximum Gasteiger partial charge on any atom is 0.421 e. The zero-order chi connectivity index (χ0) is 15.0. The summed E-state index contributed by atoms with van der Waals surface area (Å²) in [5.74, 6) is -2.06. The predicted octanol–water partition coefficient (Wildman–Crippen LogP) is 1.97. The van der Waals surface area contributed by atoms with Crippen LogP contribution in [0.3, 0.4) is 0 Å². The van der Waals surface area contributed by atoms with Gasteiger partial charge in [-0.1, -0.05) is 6.07 Å². The minimum absolute atomic E-state index is 0.0224. The van der Waals surface area contributed by atoms with E-state index in [2.05, 4.69) is 4.98 Å². The fourth-order valence-electron chi connectivity index (χ4n) is 2.16. The highest BCUT2D eigenvalue weighted by Crippen LogP contribution is 2.19. The molecule has 2 N–H and O–H groups in total. The third-order valence-electron chi connectivity index (χ3n) is 3.17. The van der Waals surface area contributed by atoms with Crippen LogP contribution >= 0.6 is 0 Å². The van der Waals surface area contributed by atoms with E-state index in [0.29, 0.717) is 11.2 Å². The highest BCUT2D eigenvalue weighted by molar-refractivity contribution is 5.67. The van der Waals surface area contributed by atoms with Gasteiger partial charge in [0.1, 0.15) is 11.6 Å². The van der Waals surface area contributed by atoms with Crippen molar-refractivity contribution in [3.63, 3.8) is 0 Å². The number of nitrogens with two attached hydrogens (primary N) is 1. The van der Waals surface area contributed by atoms with Gasteiger partial charge in [0.05, 0.1) is 12.6 Å². The third-order valence-corrected chi connectivity index (χ3v) is 3.17. The Hall–Kier alpha value is -2.54. The first kappa shape index (κ1) is 13.4. The van der Waals surface area contributed by atoms with E-state index >= 15 is 0 Å². The van der Waals surface area contributed by atoms with E-state index in [9.17, 15) is 13.6 Å². The van der Waals surface area contributed by atoms with Gasteiger partial charge < -0.3 is 10.2 Å². The van der Waals surface area contributed by atoms with Gasteiger partial charge >= 0.3 is 5.76 Å². The average Bonchev–Trinajstić information content (AvgIpc) is 2.75. The second kappa shape index (κ2) is 5.10. The number of hydrogen-bond acceptors (Lipinski definition) is 4. The second-order valence-corrected chi connectivity index (χ2v) is 4.58. The number of pyridine rings is 1. The molecule has 1 aromatic carbocycles. The summed E-state index contributed by atoms with van der Waals surface area (Å²) >= 11 is 0. The van der Waals surface area contributed by atoms with E-state index in [1.54, 1.807) is 12.1 Å². The SMILES string of the molecule is NC(Cn1c(=O)oc2cccnc21)c1ccc(F)cc1F. The van der Waals surface area contributed by atoms with Crippen molar-refractivity contribution in [1.29, 1.82) is 0 Å². The van der Waals surface area contributed by atoms with Crippen LogP contribution < -0.4 is 11.5 Å². The molecular weight excluding hydrogens is 280 g/mol. The van der Waals surface area contributed by atoms with E-state index in [1.807, 2.05) is 0 Å². The van der Waals surface area contributed by atoms with Crippen LogP contribution in [0, 0.1) is 11.6 Å². The number of benzene rings is 1. The number of aromatic nitrogens is 2. The molecule has 7 heteroatoms. The van der Waals surface area contributed by atoms with Gasteiger partial charge in [0.2, 0.25) is 0 Å². The van der Waals surface area contributed by atoms with Crippen LogP contribution in [0.2, 0.25) is 0 Å². The number of hydrogen-bond donors (Lipinski definition) is 1. The molecule has 5 nitrogen and oxygen atoms in total. The highest BCUT2D eigenvalue weighted by atomic mass is 19.1. The summed E-state index contributed by atoms with van der Waals surface area (Å²) in [7, 11) is 0. The van der Waals surface area contributed by atoms with Crippen molar-refractivity contribution in [1.82, 2.24) is 9.55 Å². The van der Waals surface area contributed by atoms with Crippen molar-refractivity contribution in [3.8, 4) is 0 Å². The molecule has 0 fully saturated rings. The summed E-state index contributed by atoms with van der Waals surface area (Å²) in [4.78, 5) is 15.8. The molecule has 0 saturated heterocycles. The lowest BCUT2D eigenvalue weighted by Gasteiger charge is -2.13. The van der Waals surface area contributed by atoms with Gasteiger partial charge in [0.15, 0.2) is 11.2 Å². The lowest BCUT2D eigenvalue weighted by Crippen LogP contribution is -2.24. The number of oxazole rings is 1. The van der Waals surface area contributed by atoms with Crippen LogP contribution in [0.1, 0.15) is 11.6 Å². The maximum atomic E-state index is 13.7. The van der Waals surface area contributed by atoms with E-state index in [0.717, 1.165) is 12.1 Å². The Labute approximate surface area is 117 Å². The van der Waals surface area contributed by atoms with E-state index in [1.165, 1.54) is 16.8 Å². The van der Waals surface area contributed by atoms with Crippen LogP contribution in [0.4, 0.5) is 8.78 Å². The van der Waals surface area contributed by atoms with Crippen molar-refractivity contribution in [2.45, 2.75) is 12.6 Å². The smallest absolute Gasteiger partial charge is 0.406 e. The predicted molar refractivity (Wildman–Crippen MR) is 71.6 cm³/mol. The van der Waals surface area contributed by atoms with Crippen molar-refractivity contribution in [2.75, 3.05) is 0 Å². The Morgan fingerprint density at radius 3 is 2.90 bits per heavy atom. The summed E-state index contributed by atoms with van der Waals surface area (Å²) < 4.78 is 32.8. The number of fused-ring (bicyclic) bond motifs is 1. The Bertz CT molecular complexity index is 857. The largest absolute Gasteiger partial charge is 0.421 e. The first-order valence-electron chi connectivity index (χ1n) is 6.21. The Balaban J connectivity index is 1.98. The Morgan fingerprint density at radius 1 is 1.33 bits per heavy atom. The fourth-order valence-corrected chi connectivity index (χ4v) is 2.16. The van der Waals surface area contributed by atoms with Crippen molar-refractivity contribution < 1.29 is 13.2 Å². The van der Waals surface area contributed by atoms with Crippen LogP contribution in [0.25, 0.3) is 11.2 Å².